The van der Waals surface area contributed by atoms with Crippen LogP contribution in [0.25, 0.3) is 0 Å². The van der Waals surface area contributed by atoms with Crippen LogP contribution in [-0.2, 0) is 0 Å². The Balaban J connectivity index is 2.81. The molecule has 0 N–H and O–H groups in total. The van der Waals surface area contributed by atoms with Crippen molar-refractivity contribution in [1.82, 2.24) is 0 Å². The van der Waals surface area contributed by atoms with Gasteiger partial charge in [0.2, 0.25) is 0 Å². The molecule has 0 heterocycles. The van der Waals surface area contributed by atoms with Gasteiger partial charge in [-0.15, -0.1) is 0 Å². The second kappa shape index (κ2) is 3.18. The van der Waals surface area contributed by atoms with Crippen LogP contribution in [0.3, 0.4) is 0 Å². The SMILES string of the molecule is [CH3][Sn]([CH3])([CH3])[C]1=C(Br)CCC1. The molecule has 1 aliphatic carbocycles. The van der Waals surface area contributed by atoms with Gasteiger partial charge in [-0.3, -0.25) is 0 Å². The minimum atomic E-state index is -1.64. The normalized spacial score (nSPS) is 20.4. The zero-order valence-corrected chi connectivity index (χ0v) is 11.4. The molecule has 0 aromatic heterocycles. The third-order valence-corrected chi connectivity index (χ3v) is 10.7. The first-order valence-electron chi connectivity index (χ1n) is 3.90. The molecular weight excluding hydrogens is 295 g/mol. The summed E-state index contributed by atoms with van der Waals surface area (Å²) in [6.07, 6.45) is 4.09. The van der Waals surface area contributed by atoms with Crippen LogP contribution in [0, 0.1) is 0 Å². The Morgan fingerprint density at radius 1 is 1.20 bits per heavy atom. The quantitative estimate of drug-likeness (QED) is 0.648. The van der Waals surface area contributed by atoms with E-state index in [-0.39, 0.29) is 0 Å². The van der Waals surface area contributed by atoms with Gasteiger partial charge in [-0.25, -0.2) is 0 Å². The molecule has 0 aliphatic heterocycles. The minimum absolute atomic E-state index is 1.31. The number of allylic oxidation sites excluding steroid dienone is 2. The Bertz CT molecular complexity index is 165. The Hall–Kier alpha value is 1.02. The third-order valence-electron chi connectivity index (χ3n) is 2.06. The van der Waals surface area contributed by atoms with E-state index in [9.17, 15) is 0 Å². The summed E-state index contributed by atoms with van der Waals surface area (Å²) in [5.74, 6) is 0. The summed E-state index contributed by atoms with van der Waals surface area (Å²) in [4.78, 5) is 7.49. The summed E-state index contributed by atoms with van der Waals surface area (Å²) in [5, 5.41) is 0. The van der Waals surface area contributed by atoms with Crippen LogP contribution in [0.2, 0.25) is 14.8 Å². The van der Waals surface area contributed by atoms with Gasteiger partial charge < -0.3 is 0 Å². The van der Waals surface area contributed by atoms with E-state index in [0.29, 0.717) is 0 Å². The predicted octanol–water partition coefficient (Wildman–Crippen LogP) is 3.70. The van der Waals surface area contributed by atoms with E-state index in [1.165, 1.54) is 19.3 Å². The van der Waals surface area contributed by atoms with Crippen molar-refractivity contribution >= 4 is 34.3 Å². The van der Waals surface area contributed by atoms with Crippen molar-refractivity contribution in [2.45, 2.75) is 34.1 Å². The van der Waals surface area contributed by atoms with E-state index >= 15 is 0 Å². The predicted molar refractivity (Wildman–Crippen MR) is 53.2 cm³/mol. The van der Waals surface area contributed by atoms with E-state index in [1.807, 2.05) is 3.59 Å². The molecule has 0 fully saturated rings. The number of hydrogen-bond donors (Lipinski definition) is 0. The first-order valence-corrected chi connectivity index (χ1v) is 14.7. The number of halogens is 1. The topological polar surface area (TPSA) is 0 Å². The van der Waals surface area contributed by atoms with Gasteiger partial charge in [-0.2, -0.15) is 0 Å². The maximum absolute atomic E-state index is 3.67. The summed E-state index contributed by atoms with van der Waals surface area (Å²) in [6.45, 7) is 0. The van der Waals surface area contributed by atoms with Crippen molar-refractivity contribution in [2.75, 3.05) is 0 Å². The molecule has 0 atom stereocenters. The maximum atomic E-state index is 3.67. The summed E-state index contributed by atoms with van der Waals surface area (Å²) >= 11 is 2.03. The van der Waals surface area contributed by atoms with Gasteiger partial charge in [0.25, 0.3) is 0 Å². The zero-order valence-electron chi connectivity index (χ0n) is 7.00. The van der Waals surface area contributed by atoms with Gasteiger partial charge in [0.1, 0.15) is 0 Å². The van der Waals surface area contributed by atoms with Crippen molar-refractivity contribution in [3.8, 4) is 0 Å². The molecule has 0 amide bonds. The fourth-order valence-electron chi connectivity index (χ4n) is 1.49. The number of rotatable bonds is 1. The molecule has 0 bridgehead atoms. The molecule has 0 nitrogen and oxygen atoms in total. The van der Waals surface area contributed by atoms with Crippen molar-refractivity contribution in [3.05, 3.63) is 8.07 Å². The average molecular weight is 310 g/mol. The second-order valence-electron chi connectivity index (χ2n) is 3.99. The molecule has 0 unspecified atom stereocenters. The van der Waals surface area contributed by atoms with E-state index in [4.69, 9.17) is 0 Å². The Kier molecular flexibility index (Phi) is 2.89. The van der Waals surface area contributed by atoms with Gasteiger partial charge >= 0.3 is 76.5 Å². The Labute approximate surface area is 76.1 Å². The molecule has 58 valence electrons. The van der Waals surface area contributed by atoms with Gasteiger partial charge in [-0.05, 0) is 0 Å². The van der Waals surface area contributed by atoms with Crippen LogP contribution in [0.1, 0.15) is 19.3 Å². The molecule has 0 aromatic rings. The molecule has 1 rings (SSSR count). The molecular formula is C8H15BrSn. The van der Waals surface area contributed by atoms with Crippen LogP contribution in [0.15, 0.2) is 8.07 Å². The summed E-state index contributed by atoms with van der Waals surface area (Å²) in [6, 6.07) is 0. The van der Waals surface area contributed by atoms with E-state index in [0.717, 1.165) is 0 Å². The van der Waals surface area contributed by atoms with Gasteiger partial charge in [0.05, 0.1) is 0 Å². The molecule has 2 heteroatoms. The van der Waals surface area contributed by atoms with Crippen LogP contribution >= 0.6 is 15.9 Å². The summed E-state index contributed by atoms with van der Waals surface area (Å²) in [7, 11) is 0. The van der Waals surface area contributed by atoms with E-state index in [1.54, 1.807) is 4.48 Å². The Morgan fingerprint density at radius 3 is 2.00 bits per heavy atom. The van der Waals surface area contributed by atoms with Crippen molar-refractivity contribution < 1.29 is 0 Å². The van der Waals surface area contributed by atoms with E-state index < -0.39 is 18.4 Å². The summed E-state index contributed by atoms with van der Waals surface area (Å²) < 4.78 is 3.38. The molecule has 10 heavy (non-hydrogen) atoms. The third kappa shape index (κ3) is 2.00. The van der Waals surface area contributed by atoms with E-state index in [2.05, 4.69) is 30.7 Å². The molecule has 0 aromatic carbocycles. The van der Waals surface area contributed by atoms with Crippen LogP contribution in [0.5, 0.6) is 0 Å². The van der Waals surface area contributed by atoms with Gasteiger partial charge in [0, 0.05) is 0 Å². The molecule has 0 saturated carbocycles. The molecule has 0 saturated heterocycles. The van der Waals surface area contributed by atoms with Crippen LogP contribution < -0.4 is 0 Å². The average Bonchev–Trinajstić information content (AvgIpc) is 2.11. The van der Waals surface area contributed by atoms with Crippen molar-refractivity contribution in [1.29, 1.82) is 0 Å². The van der Waals surface area contributed by atoms with Gasteiger partial charge in [-0.1, -0.05) is 0 Å². The monoisotopic (exact) mass is 310 g/mol. The first-order chi connectivity index (χ1) is 4.52. The van der Waals surface area contributed by atoms with Crippen molar-refractivity contribution in [2.24, 2.45) is 0 Å². The zero-order chi connectivity index (χ0) is 7.78. The second-order valence-corrected chi connectivity index (χ2v) is 19.5. The standard InChI is InChI=1S/C5H6Br.3CH3.Sn/c6-5-3-1-2-4-5;;;;/h1-3H2;3*1H3;. The summed E-state index contributed by atoms with van der Waals surface area (Å²) in [5.41, 5.74) is 0. The molecule has 0 spiro atoms. The van der Waals surface area contributed by atoms with Crippen LogP contribution in [0.4, 0.5) is 0 Å². The van der Waals surface area contributed by atoms with Gasteiger partial charge in [0.15, 0.2) is 0 Å². The molecule has 1 aliphatic rings. The first kappa shape index (κ1) is 9.11. The Morgan fingerprint density at radius 2 is 1.80 bits per heavy atom. The number of hydrogen-bond acceptors (Lipinski definition) is 0. The fraction of sp³-hybridized carbons (Fsp3) is 0.750. The molecule has 0 radical (unpaired) electrons. The van der Waals surface area contributed by atoms with Crippen molar-refractivity contribution in [3.63, 3.8) is 0 Å². The fourth-order valence-corrected chi connectivity index (χ4v) is 11.3. The van der Waals surface area contributed by atoms with Crippen LogP contribution in [-0.4, -0.2) is 18.4 Å².